The Morgan fingerprint density at radius 2 is 2.09 bits per heavy atom. The molecule has 2 amide bonds. The summed E-state index contributed by atoms with van der Waals surface area (Å²) in [5.41, 5.74) is 4.19. The summed E-state index contributed by atoms with van der Waals surface area (Å²) in [5.74, 6) is 3.04. The Morgan fingerprint density at radius 1 is 1.21 bits per heavy atom. The van der Waals surface area contributed by atoms with Crippen LogP contribution in [0.1, 0.15) is 49.1 Å². The lowest BCUT2D eigenvalue weighted by molar-refractivity contribution is 0.197. The van der Waals surface area contributed by atoms with E-state index in [0.717, 1.165) is 29.2 Å². The number of nitrogens with one attached hydrogen (secondary N) is 1. The summed E-state index contributed by atoms with van der Waals surface area (Å²) in [5, 5.41) is 6.59. The number of piperidine rings is 1. The van der Waals surface area contributed by atoms with Crippen molar-refractivity contribution in [2.45, 2.75) is 39.0 Å². The Kier molecular flexibility index (Phi) is 5.86. The van der Waals surface area contributed by atoms with E-state index in [0.29, 0.717) is 30.5 Å². The van der Waals surface area contributed by atoms with Gasteiger partial charge in [-0.3, -0.25) is 4.98 Å². The molecule has 5 rings (SSSR count). The van der Waals surface area contributed by atoms with Crippen molar-refractivity contribution in [3.8, 4) is 11.5 Å². The van der Waals surface area contributed by atoms with Gasteiger partial charge in [0.25, 0.3) is 0 Å². The second-order valence-corrected chi connectivity index (χ2v) is 8.91. The summed E-state index contributed by atoms with van der Waals surface area (Å²) < 4.78 is 11.0. The number of rotatable bonds is 5. The summed E-state index contributed by atoms with van der Waals surface area (Å²) in [4.78, 5) is 19.0. The van der Waals surface area contributed by atoms with E-state index in [1.807, 2.05) is 35.4 Å². The molecule has 1 atom stereocenters. The van der Waals surface area contributed by atoms with Gasteiger partial charge < -0.3 is 19.5 Å². The maximum Gasteiger partial charge on any atom is 0.322 e. The number of carbonyl (C=O) groups is 1. The minimum absolute atomic E-state index is 0.121. The van der Waals surface area contributed by atoms with Crippen molar-refractivity contribution in [2.24, 2.45) is 5.92 Å². The molecule has 7 heteroatoms. The minimum Gasteiger partial charge on any atom is -0.456 e. The lowest BCUT2D eigenvalue weighted by atomic mass is 9.91. The Morgan fingerprint density at radius 3 is 2.79 bits per heavy atom. The van der Waals surface area contributed by atoms with E-state index >= 15 is 0 Å². The van der Waals surface area contributed by atoms with Crippen molar-refractivity contribution in [1.82, 2.24) is 15.0 Å². The molecule has 3 heterocycles. The standard InChI is InChI=1S/C26H28N4O3/c1-17-16-30(26(31)29-25-15-28-33-18(25)2)11-10-21(17)12-19-4-3-5-22(13-19)32-23-8-9-24(27-14-23)20-6-7-20/h3-5,8-9,12-15,17,20H,6-7,10-11,16H2,1-2H3,(H,29,31). The predicted molar refractivity (Wildman–Crippen MR) is 126 cm³/mol. The Balaban J connectivity index is 1.21. The van der Waals surface area contributed by atoms with E-state index in [1.165, 1.54) is 24.6 Å². The molecular formula is C26H28N4O3. The quantitative estimate of drug-likeness (QED) is 0.522. The molecule has 2 aromatic heterocycles. The number of hydrogen-bond donors (Lipinski definition) is 1. The number of ether oxygens (including phenoxy) is 1. The zero-order valence-electron chi connectivity index (χ0n) is 19.0. The second kappa shape index (κ2) is 9.10. The van der Waals surface area contributed by atoms with Crippen molar-refractivity contribution in [3.05, 3.63) is 71.4 Å². The van der Waals surface area contributed by atoms with Crippen LogP contribution < -0.4 is 10.1 Å². The zero-order valence-corrected chi connectivity index (χ0v) is 19.0. The second-order valence-electron chi connectivity index (χ2n) is 8.91. The lowest BCUT2D eigenvalue weighted by Crippen LogP contribution is -2.42. The van der Waals surface area contributed by atoms with E-state index < -0.39 is 0 Å². The predicted octanol–water partition coefficient (Wildman–Crippen LogP) is 6.01. The molecule has 3 aromatic rings. The van der Waals surface area contributed by atoms with Gasteiger partial charge in [-0.25, -0.2) is 4.79 Å². The molecule has 1 aliphatic carbocycles. The monoisotopic (exact) mass is 444 g/mol. The van der Waals surface area contributed by atoms with Crippen molar-refractivity contribution < 1.29 is 14.1 Å². The fourth-order valence-electron chi connectivity index (χ4n) is 4.15. The number of pyridine rings is 1. The molecular weight excluding hydrogens is 416 g/mol. The third kappa shape index (κ3) is 5.08. The van der Waals surface area contributed by atoms with Crippen LogP contribution in [-0.2, 0) is 0 Å². The fraction of sp³-hybridized carbons (Fsp3) is 0.346. The zero-order chi connectivity index (χ0) is 22.8. The van der Waals surface area contributed by atoms with Gasteiger partial charge in [-0.1, -0.05) is 35.9 Å². The Bertz CT molecular complexity index is 1160. The van der Waals surface area contributed by atoms with Crippen LogP contribution in [0.3, 0.4) is 0 Å². The van der Waals surface area contributed by atoms with Crippen LogP contribution in [0.25, 0.3) is 6.08 Å². The molecule has 1 N–H and O–H groups in total. The van der Waals surface area contributed by atoms with E-state index in [1.54, 1.807) is 6.92 Å². The molecule has 1 aromatic carbocycles. The maximum absolute atomic E-state index is 12.6. The first kappa shape index (κ1) is 21.2. The van der Waals surface area contributed by atoms with Crippen molar-refractivity contribution >= 4 is 17.8 Å². The van der Waals surface area contributed by atoms with E-state index in [9.17, 15) is 4.79 Å². The SMILES string of the molecule is Cc1oncc1NC(=O)N1CCC(=Cc2cccc(Oc3ccc(C4CC4)nc3)c2)C(C)C1. The molecule has 1 saturated carbocycles. The number of aryl methyl sites for hydroxylation is 1. The summed E-state index contributed by atoms with van der Waals surface area (Å²) in [6.45, 7) is 5.27. The number of carbonyl (C=O) groups excluding carboxylic acids is 1. The molecule has 0 spiro atoms. The third-order valence-electron chi connectivity index (χ3n) is 6.28. The van der Waals surface area contributed by atoms with Crippen LogP contribution in [0.5, 0.6) is 11.5 Å². The number of likely N-dealkylation sites (tertiary alicyclic amines) is 1. The molecule has 2 aliphatic rings. The van der Waals surface area contributed by atoms with Crippen LogP contribution in [0.15, 0.2) is 58.9 Å². The molecule has 1 saturated heterocycles. The average Bonchev–Trinajstić information content (AvgIpc) is 3.59. The highest BCUT2D eigenvalue weighted by molar-refractivity contribution is 5.89. The van der Waals surface area contributed by atoms with Gasteiger partial charge in [0.15, 0.2) is 5.76 Å². The fourth-order valence-corrected chi connectivity index (χ4v) is 4.15. The largest absolute Gasteiger partial charge is 0.456 e. The Labute approximate surface area is 193 Å². The number of anilines is 1. The highest BCUT2D eigenvalue weighted by Gasteiger charge is 2.26. The molecule has 170 valence electrons. The first-order valence-electron chi connectivity index (χ1n) is 11.5. The number of urea groups is 1. The van der Waals surface area contributed by atoms with Gasteiger partial charge in [-0.15, -0.1) is 0 Å². The number of benzene rings is 1. The van der Waals surface area contributed by atoms with Crippen LogP contribution in [0, 0.1) is 12.8 Å². The van der Waals surface area contributed by atoms with Crippen LogP contribution in [0.4, 0.5) is 10.5 Å². The normalized spacial score (nSPS) is 19.5. The van der Waals surface area contributed by atoms with Crippen molar-refractivity contribution in [3.63, 3.8) is 0 Å². The lowest BCUT2D eigenvalue weighted by Gasteiger charge is -2.33. The number of hydrogen-bond acceptors (Lipinski definition) is 5. The summed E-state index contributed by atoms with van der Waals surface area (Å²) >= 11 is 0. The number of amides is 2. The highest BCUT2D eigenvalue weighted by atomic mass is 16.5. The molecule has 2 fully saturated rings. The van der Waals surface area contributed by atoms with E-state index in [2.05, 4.69) is 40.6 Å². The van der Waals surface area contributed by atoms with Crippen LogP contribution >= 0.6 is 0 Å². The van der Waals surface area contributed by atoms with Crippen molar-refractivity contribution in [2.75, 3.05) is 18.4 Å². The molecule has 1 aliphatic heterocycles. The highest BCUT2D eigenvalue weighted by Crippen LogP contribution is 2.39. The number of nitrogens with zero attached hydrogens (tertiary/aromatic N) is 3. The summed E-state index contributed by atoms with van der Waals surface area (Å²) in [6, 6.07) is 12.0. The van der Waals surface area contributed by atoms with Crippen molar-refractivity contribution in [1.29, 1.82) is 0 Å². The Hall–Kier alpha value is -3.61. The van der Waals surface area contributed by atoms with Gasteiger partial charge in [-0.05, 0) is 61.9 Å². The minimum atomic E-state index is -0.121. The van der Waals surface area contributed by atoms with Crippen LogP contribution in [0.2, 0.25) is 0 Å². The van der Waals surface area contributed by atoms with Gasteiger partial charge in [0.05, 0.1) is 12.4 Å². The summed E-state index contributed by atoms with van der Waals surface area (Å²) in [7, 11) is 0. The molecule has 7 nitrogen and oxygen atoms in total. The smallest absolute Gasteiger partial charge is 0.322 e. The van der Waals surface area contributed by atoms with Gasteiger partial charge in [0, 0.05) is 24.7 Å². The van der Waals surface area contributed by atoms with E-state index in [-0.39, 0.29) is 11.9 Å². The first-order chi connectivity index (χ1) is 16.0. The van der Waals surface area contributed by atoms with Gasteiger partial charge in [0.1, 0.15) is 17.2 Å². The maximum atomic E-state index is 12.6. The third-order valence-corrected chi connectivity index (χ3v) is 6.28. The average molecular weight is 445 g/mol. The van der Waals surface area contributed by atoms with Gasteiger partial charge in [-0.2, -0.15) is 0 Å². The molecule has 1 unspecified atom stereocenters. The molecule has 33 heavy (non-hydrogen) atoms. The van der Waals surface area contributed by atoms with E-state index in [4.69, 9.17) is 9.26 Å². The van der Waals surface area contributed by atoms with Gasteiger partial charge >= 0.3 is 6.03 Å². The molecule has 0 bridgehead atoms. The topological polar surface area (TPSA) is 80.5 Å². The first-order valence-corrected chi connectivity index (χ1v) is 11.5. The van der Waals surface area contributed by atoms with Crippen LogP contribution in [-0.4, -0.2) is 34.2 Å². The number of aromatic nitrogens is 2. The van der Waals surface area contributed by atoms with Gasteiger partial charge in [0.2, 0.25) is 0 Å². The molecule has 0 radical (unpaired) electrons. The summed E-state index contributed by atoms with van der Waals surface area (Å²) in [6.07, 6.45) is 8.86.